The van der Waals surface area contributed by atoms with E-state index in [1.807, 2.05) is 18.2 Å². The Morgan fingerprint density at radius 3 is 2.23 bits per heavy atom. The second-order valence-corrected chi connectivity index (χ2v) is 7.18. The van der Waals surface area contributed by atoms with Gasteiger partial charge in [-0.1, -0.05) is 63.4 Å². The zero-order valence-electron chi connectivity index (χ0n) is 16.4. The molecular formula is C21H33N3O2. The number of carbonyl (C=O) groups excluding carboxylic acids is 2. The van der Waals surface area contributed by atoms with E-state index in [-0.39, 0.29) is 17.9 Å². The van der Waals surface area contributed by atoms with Crippen molar-refractivity contribution in [2.45, 2.75) is 64.5 Å². The van der Waals surface area contributed by atoms with E-state index in [4.69, 9.17) is 0 Å². The lowest BCUT2D eigenvalue weighted by Crippen LogP contribution is -2.60. The highest BCUT2D eigenvalue weighted by molar-refractivity contribution is 5.91. The van der Waals surface area contributed by atoms with Crippen molar-refractivity contribution >= 4 is 11.8 Å². The molecule has 2 rings (SSSR count). The fourth-order valence-corrected chi connectivity index (χ4v) is 4.06. The topological polar surface area (TPSA) is 61.4 Å². The van der Waals surface area contributed by atoms with Gasteiger partial charge in [0.15, 0.2) is 0 Å². The summed E-state index contributed by atoms with van der Waals surface area (Å²) in [6.45, 7) is 8.16. The molecule has 0 aliphatic heterocycles. The smallest absolute Gasteiger partial charge is 0.245 e. The first-order chi connectivity index (χ1) is 12.5. The molecule has 1 atom stereocenters. The highest BCUT2D eigenvalue weighted by Gasteiger charge is 2.40. The molecule has 26 heavy (non-hydrogen) atoms. The van der Waals surface area contributed by atoms with Crippen LogP contribution in [0.4, 0.5) is 0 Å². The number of likely N-dealkylation sites (N-methyl/N-ethyl adjacent to an activating group) is 1. The average Bonchev–Trinajstić information content (AvgIpc) is 2.65. The summed E-state index contributed by atoms with van der Waals surface area (Å²) in [5, 5.41) is 6.10. The Morgan fingerprint density at radius 1 is 1.08 bits per heavy atom. The van der Waals surface area contributed by atoms with Crippen LogP contribution in [0.3, 0.4) is 0 Å². The minimum Gasteiger partial charge on any atom is -0.352 e. The number of carbonyl (C=O) groups is 2. The molecule has 1 aliphatic carbocycles. The van der Waals surface area contributed by atoms with Crippen LogP contribution in [0.5, 0.6) is 0 Å². The van der Waals surface area contributed by atoms with Gasteiger partial charge in [0.05, 0.1) is 6.04 Å². The highest BCUT2D eigenvalue weighted by Crippen LogP contribution is 2.29. The first kappa shape index (κ1) is 20.4. The number of rotatable bonds is 8. The Labute approximate surface area is 157 Å². The molecule has 1 aliphatic rings. The van der Waals surface area contributed by atoms with Gasteiger partial charge in [-0.25, -0.2) is 0 Å². The second kappa shape index (κ2) is 9.72. The van der Waals surface area contributed by atoms with Crippen molar-refractivity contribution in [1.29, 1.82) is 0 Å². The largest absolute Gasteiger partial charge is 0.352 e. The van der Waals surface area contributed by atoms with Crippen molar-refractivity contribution in [3.05, 3.63) is 35.9 Å². The fraction of sp³-hybridized carbons (Fsp3) is 0.619. The maximum absolute atomic E-state index is 13.0. The van der Waals surface area contributed by atoms with Crippen molar-refractivity contribution in [3.8, 4) is 0 Å². The van der Waals surface area contributed by atoms with E-state index in [1.165, 1.54) is 12.5 Å². The van der Waals surface area contributed by atoms with Crippen LogP contribution in [0.15, 0.2) is 30.3 Å². The van der Waals surface area contributed by atoms with Gasteiger partial charge in [0.1, 0.15) is 5.54 Å². The zero-order valence-corrected chi connectivity index (χ0v) is 16.4. The molecule has 0 heterocycles. The van der Waals surface area contributed by atoms with Gasteiger partial charge in [0, 0.05) is 13.5 Å². The predicted octanol–water partition coefficient (Wildman–Crippen LogP) is 3.02. The molecule has 1 aromatic carbocycles. The molecule has 0 aromatic heterocycles. The monoisotopic (exact) mass is 359 g/mol. The molecule has 2 N–H and O–H groups in total. The van der Waals surface area contributed by atoms with Crippen molar-refractivity contribution < 1.29 is 9.59 Å². The summed E-state index contributed by atoms with van der Waals surface area (Å²) < 4.78 is 0. The summed E-state index contributed by atoms with van der Waals surface area (Å²) in [4.78, 5) is 27.1. The maximum atomic E-state index is 13.0. The lowest BCUT2D eigenvalue weighted by molar-refractivity contribution is -0.134. The Kier molecular flexibility index (Phi) is 7.64. The number of nitrogens with one attached hydrogen (secondary N) is 2. The summed E-state index contributed by atoms with van der Waals surface area (Å²) in [5.74, 6) is -0.175. The van der Waals surface area contributed by atoms with Gasteiger partial charge < -0.3 is 10.6 Å². The molecule has 1 aromatic rings. The van der Waals surface area contributed by atoms with E-state index in [0.29, 0.717) is 6.54 Å². The van der Waals surface area contributed by atoms with Gasteiger partial charge in [0.2, 0.25) is 11.8 Å². The molecule has 144 valence electrons. The molecule has 1 saturated carbocycles. The lowest BCUT2D eigenvalue weighted by atomic mass is 9.80. The van der Waals surface area contributed by atoms with Gasteiger partial charge >= 0.3 is 0 Å². The van der Waals surface area contributed by atoms with Crippen LogP contribution < -0.4 is 10.6 Å². The standard InChI is InChI=1S/C21H33N3O2/c1-4-24(5-2)19(18-12-8-6-9-13-18)16-22-20(26)21(23-17(3)25)14-10-7-11-15-21/h6,8-9,12-13,19H,4-5,7,10-11,14-16H2,1-3H3,(H,22,26)(H,23,25). The van der Waals surface area contributed by atoms with E-state index in [0.717, 1.165) is 45.2 Å². The van der Waals surface area contributed by atoms with Gasteiger partial charge in [-0.15, -0.1) is 0 Å². The van der Waals surface area contributed by atoms with Crippen LogP contribution >= 0.6 is 0 Å². The molecule has 0 bridgehead atoms. The third kappa shape index (κ3) is 5.07. The van der Waals surface area contributed by atoms with E-state index < -0.39 is 5.54 Å². The highest BCUT2D eigenvalue weighted by atomic mass is 16.2. The van der Waals surface area contributed by atoms with Crippen LogP contribution in [0.2, 0.25) is 0 Å². The molecular weight excluding hydrogens is 326 g/mol. The molecule has 1 unspecified atom stereocenters. The fourth-order valence-electron chi connectivity index (χ4n) is 4.06. The molecule has 5 nitrogen and oxygen atoms in total. The first-order valence-corrected chi connectivity index (χ1v) is 9.88. The Morgan fingerprint density at radius 2 is 1.69 bits per heavy atom. The molecule has 0 radical (unpaired) electrons. The normalized spacial score (nSPS) is 17.5. The molecule has 5 heteroatoms. The molecule has 1 fully saturated rings. The number of hydrogen-bond acceptors (Lipinski definition) is 3. The van der Waals surface area contributed by atoms with Crippen LogP contribution in [0.25, 0.3) is 0 Å². The Balaban J connectivity index is 2.13. The summed E-state index contributed by atoms with van der Waals surface area (Å²) in [5.41, 5.74) is 0.461. The van der Waals surface area contributed by atoms with Gasteiger partial charge in [-0.2, -0.15) is 0 Å². The predicted molar refractivity (Wildman–Crippen MR) is 105 cm³/mol. The number of hydrogen-bond donors (Lipinski definition) is 2. The Hall–Kier alpha value is -1.88. The van der Waals surface area contributed by atoms with Crippen molar-refractivity contribution in [3.63, 3.8) is 0 Å². The summed E-state index contributed by atoms with van der Waals surface area (Å²) in [6.07, 6.45) is 4.53. The summed E-state index contributed by atoms with van der Waals surface area (Å²) in [6, 6.07) is 10.4. The maximum Gasteiger partial charge on any atom is 0.245 e. The SMILES string of the molecule is CCN(CC)C(CNC(=O)C1(NC(C)=O)CCCCC1)c1ccccc1. The van der Waals surface area contributed by atoms with E-state index in [1.54, 1.807) is 0 Å². The summed E-state index contributed by atoms with van der Waals surface area (Å²) >= 11 is 0. The van der Waals surface area contributed by atoms with Crippen LogP contribution in [-0.4, -0.2) is 41.9 Å². The van der Waals surface area contributed by atoms with Crippen molar-refractivity contribution in [2.75, 3.05) is 19.6 Å². The van der Waals surface area contributed by atoms with E-state index in [9.17, 15) is 9.59 Å². The van der Waals surface area contributed by atoms with E-state index >= 15 is 0 Å². The van der Waals surface area contributed by atoms with Crippen molar-refractivity contribution in [1.82, 2.24) is 15.5 Å². The third-order valence-electron chi connectivity index (χ3n) is 5.45. The molecule has 0 saturated heterocycles. The first-order valence-electron chi connectivity index (χ1n) is 9.88. The minimum atomic E-state index is -0.741. The molecule has 2 amide bonds. The second-order valence-electron chi connectivity index (χ2n) is 7.18. The number of amides is 2. The Bertz CT molecular complexity index is 578. The van der Waals surface area contributed by atoms with Gasteiger partial charge in [-0.3, -0.25) is 14.5 Å². The number of nitrogens with zero attached hydrogens (tertiary/aromatic N) is 1. The average molecular weight is 360 g/mol. The van der Waals surface area contributed by atoms with Crippen LogP contribution in [0, 0.1) is 0 Å². The van der Waals surface area contributed by atoms with Crippen LogP contribution in [-0.2, 0) is 9.59 Å². The lowest BCUT2D eigenvalue weighted by Gasteiger charge is -2.37. The van der Waals surface area contributed by atoms with Gasteiger partial charge in [0.25, 0.3) is 0 Å². The number of benzene rings is 1. The zero-order chi connectivity index (χ0) is 19.0. The summed E-state index contributed by atoms with van der Waals surface area (Å²) in [7, 11) is 0. The van der Waals surface area contributed by atoms with Gasteiger partial charge in [-0.05, 0) is 31.5 Å². The van der Waals surface area contributed by atoms with Crippen molar-refractivity contribution in [2.24, 2.45) is 0 Å². The minimum absolute atomic E-state index is 0.0412. The molecule has 0 spiro atoms. The third-order valence-corrected chi connectivity index (χ3v) is 5.45. The van der Waals surface area contributed by atoms with E-state index in [2.05, 4.69) is 41.5 Å². The quantitative estimate of drug-likeness (QED) is 0.750. The van der Waals surface area contributed by atoms with Crippen LogP contribution in [0.1, 0.15) is 64.5 Å².